The predicted octanol–water partition coefficient (Wildman–Crippen LogP) is 5.42. The molecule has 0 unspecified atom stereocenters. The Kier molecular flexibility index (Phi) is 6.58. The molecule has 1 saturated heterocycles. The molecule has 1 aliphatic carbocycles. The molecular weight excluding hydrogens is 368 g/mol. The molecule has 0 radical (unpaired) electrons. The Morgan fingerprint density at radius 1 is 0.900 bits per heavy atom. The van der Waals surface area contributed by atoms with Gasteiger partial charge in [0.25, 0.3) is 5.91 Å². The summed E-state index contributed by atoms with van der Waals surface area (Å²) in [4.78, 5) is 17.9. The molecule has 3 nitrogen and oxygen atoms in total. The smallest absolute Gasteiger partial charge is 0.253 e. The number of aryl methyl sites for hydroxylation is 2. The zero-order valence-electron chi connectivity index (χ0n) is 18.8. The van der Waals surface area contributed by atoms with Crippen LogP contribution in [0.3, 0.4) is 0 Å². The fourth-order valence-corrected chi connectivity index (χ4v) is 5.33. The summed E-state index contributed by atoms with van der Waals surface area (Å²) in [7, 11) is 2.30. The van der Waals surface area contributed by atoms with Gasteiger partial charge in [-0.3, -0.25) is 4.79 Å². The fourth-order valence-electron chi connectivity index (χ4n) is 5.33. The van der Waals surface area contributed by atoms with Crippen molar-refractivity contribution in [1.29, 1.82) is 0 Å². The normalized spacial score (nSPS) is 22.6. The van der Waals surface area contributed by atoms with Crippen LogP contribution in [0.4, 0.5) is 0 Å². The van der Waals surface area contributed by atoms with Crippen molar-refractivity contribution in [3.05, 3.63) is 70.8 Å². The van der Waals surface area contributed by atoms with Gasteiger partial charge < -0.3 is 9.80 Å². The van der Waals surface area contributed by atoms with Crippen molar-refractivity contribution in [3.8, 4) is 0 Å². The molecule has 2 atom stereocenters. The molecule has 1 aliphatic heterocycles. The van der Waals surface area contributed by atoms with E-state index < -0.39 is 0 Å². The number of benzene rings is 2. The summed E-state index contributed by atoms with van der Waals surface area (Å²) in [5.74, 6) is 1.06. The summed E-state index contributed by atoms with van der Waals surface area (Å²) < 4.78 is 0. The Bertz CT molecular complexity index is 836. The van der Waals surface area contributed by atoms with E-state index in [0.29, 0.717) is 17.9 Å². The molecule has 1 saturated carbocycles. The second kappa shape index (κ2) is 9.34. The quantitative estimate of drug-likeness (QED) is 0.664. The number of amides is 1. The van der Waals surface area contributed by atoms with Crippen molar-refractivity contribution in [1.82, 2.24) is 9.80 Å². The molecule has 160 valence electrons. The van der Waals surface area contributed by atoms with Gasteiger partial charge in [-0.15, -0.1) is 0 Å². The second-order valence-electron chi connectivity index (χ2n) is 9.58. The minimum Gasteiger partial charge on any atom is -0.338 e. The Hall–Kier alpha value is -2.13. The van der Waals surface area contributed by atoms with Crippen LogP contribution in [0.15, 0.2) is 48.5 Å². The Labute approximate surface area is 182 Å². The number of carbonyl (C=O) groups is 1. The van der Waals surface area contributed by atoms with Gasteiger partial charge in [0.2, 0.25) is 0 Å². The molecule has 3 heteroatoms. The maximum atomic E-state index is 13.2. The maximum Gasteiger partial charge on any atom is 0.253 e. The third-order valence-corrected chi connectivity index (χ3v) is 7.25. The van der Waals surface area contributed by atoms with Crippen LogP contribution in [0.2, 0.25) is 0 Å². The van der Waals surface area contributed by atoms with E-state index in [4.69, 9.17) is 0 Å². The van der Waals surface area contributed by atoms with Crippen molar-refractivity contribution in [2.24, 2.45) is 5.92 Å². The number of hydrogen-bond acceptors (Lipinski definition) is 2. The van der Waals surface area contributed by atoms with Crippen molar-refractivity contribution in [2.45, 2.75) is 57.9 Å². The van der Waals surface area contributed by atoms with Crippen molar-refractivity contribution < 1.29 is 4.79 Å². The first-order valence-electron chi connectivity index (χ1n) is 11.6. The average molecular weight is 405 g/mol. The van der Waals surface area contributed by atoms with Crippen molar-refractivity contribution in [3.63, 3.8) is 0 Å². The third kappa shape index (κ3) is 4.78. The van der Waals surface area contributed by atoms with Crippen LogP contribution in [-0.4, -0.2) is 48.4 Å². The lowest BCUT2D eigenvalue weighted by atomic mass is 9.87. The van der Waals surface area contributed by atoms with Crippen molar-refractivity contribution >= 4 is 5.91 Å². The monoisotopic (exact) mass is 404 g/mol. The largest absolute Gasteiger partial charge is 0.338 e. The van der Waals surface area contributed by atoms with Gasteiger partial charge in [0, 0.05) is 37.2 Å². The topological polar surface area (TPSA) is 23.6 Å². The molecule has 0 aromatic heterocycles. The molecule has 0 bridgehead atoms. The van der Waals surface area contributed by atoms with Gasteiger partial charge in [0.05, 0.1) is 0 Å². The number of likely N-dealkylation sites (tertiary alicyclic amines) is 1. The van der Waals surface area contributed by atoms with E-state index in [1.165, 1.54) is 48.8 Å². The highest BCUT2D eigenvalue weighted by Crippen LogP contribution is 2.35. The van der Waals surface area contributed by atoms with Gasteiger partial charge >= 0.3 is 0 Å². The summed E-state index contributed by atoms with van der Waals surface area (Å²) in [5.41, 5.74) is 4.67. The highest BCUT2D eigenvalue weighted by molar-refractivity contribution is 5.94. The van der Waals surface area contributed by atoms with Gasteiger partial charge in [0.15, 0.2) is 0 Å². The first-order valence-corrected chi connectivity index (χ1v) is 11.6. The Morgan fingerprint density at radius 2 is 1.50 bits per heavy atom. The molecule has 1 heterocycles. The number of nitrogens with zero attached hydrogens (tertiary/aromatic N) is 2. The maximum absolute atomic E-state index is 13.2. The van der Waals surface area contributed by atoms with E-state index >= 15 is 0 Å². The first kappa shape index (κ1) is 21.1. The highest BCUT2D eigenvalue weighted by Gasteiger charge is 2.37. The highest BCUT2D eigenvalue weighted by atomic mass is 16.2. The van der Waals surface area contributed by atoms with E-state index in [1.807, 2.05) is 24.3 Å². The van der Waals surface area contributed by atoms with Crippen LogP contribution in [-0.2, 0) is 0 Å². The average Bonchev–Trinajstić information content (AvgIpc) is 3.18. The van der Waals surface area contributed by atoms with Crippen LogP contribution in [0, 0.1) is 19.8 Å². The van der Waals surface area contributed by atoms with Gasteiger partial charge in [-0.05, 0) is 57.4 Å². The summed E-state index contributed by atoms with van der Waals surface area (Å²) in [6, 6.07) is 17.7. The molecule has 2 aromatic rings. The van der Waals surface area contributed by atoms with E-state index in [2.05, 4.69) is 55.0 Å². The molecule has 0 spiro atoms. The van der Waals surface area contributed by atoms with E-state index in [0.717, 1.165) is 25.2 Å². The molecule has 2 fully saturated rings. The molecular formula is C27H36N2O. The lowest BCUT2D eigenvalue weighted by Crippen LogP contribution is -2.38. The minimum atomic E-state index is 0.176. The molecule has 2 aliphatic rings. The zero-order chi connectivity index (χ0) is 21.1. The fraction of sp³-hybridized carbons (Fsp3) is 0.519. The lowest BCUT2D eigenvalue weighted by molar-refractivity contribution is 0.0780. The van der Waals surface area contributed by atoms with Crippen LogP contribution in [0.25, 0.3) is 0 Å². The van der Waals surface area contributed by atoms with E-state index in [9.17, 15) is 4.79 Å². The Balaban J connectivity index is 1.52. The van der Waals surface area contributed by atoms with Crippen LogP contribution in [0.5, 0.6) is 0 Å². The summed E-state index contributed by atoms with van der Waals surface area (Å²) >= 11 is 0. The van der Waals surface area contributed by atoms with Gasteiger partial charge in [-0.25, -0.2) is 0 Å². The molecule has 1 amide bonds. The number of rotatable bonds is 5. The van der Waals surface area contributed by atoms with E-state index in [1.54, 1.807) is 0 Å². The number of carbonyl (C=O) groups excluding carboxylic acids is 1. The zero-order valence-corrected chi connectivity index (χ0v) is 18.8. The van der Waals surface area contributed by atoms with E-state index in [-0.39, 0.29) is 5.91 Å². The Morgan fingerprint density at radius 3 is 2.13 bits per heavy atom. The number of hydrogen-bond donors (Lipinski definition) is 0. The first-order chi connectivity index (χ1) is 14.5. The van der Waals surface area contributed by atoms with Crippen LogP contribution >= 0.6 is 0 Å². The summed E-state index contributed by atoms with van der Waals surface area (Å²) in [6.07, 6.45) is 6.76. The molecule has 4 rings (SSSR count). The molecule has 0 N–H and O–H groups in total. The standard InChI is InChI=1S/C27H36N2O/c1-20-9-13-22(14-10-20)26-19-29(27(30)23-15-11-21(2)12-16-23)18-24(26)17-28(3)25-7-5-4-6-8-25/h9-16,24-26H,4-8,17-19H2,1-3H3/t24-,26-/m0/s1. The van der Waals surface area contributed by atoms with Gasteiger partial charge in [-0.1, -0.05) is 66.8 Å². The van der Waals surface area contributed by atoms with Crippen molar-refractivity contribution in [2.75, 3.05) is 26.7 Å². The minimum absolute atomic E-state index is 0.176. The molecule has 2 aromatic carbocycles. The predicted molar refractivity (Wildman–Crippen MR) is 124 cm³/mol. The lowest BCUT2D eigenvalue weighted by Gasteiger charge is -2.34. The molecule has 30 heavy (non-hydrogen) atoms. The van der Waals surface area contributed by atoms with Gasteiger partial charge in [-0.2, -0.15) is 0 Å². The SMILES string of the molecule is Cc1ccc(C(=O)N2C[C@H](CN(C)C3CCCCC3)[C@H](c3ccc(C)cc3)C2)cc1. The van der Waals surface area contributed by atoms with Crippen LogP contribution in [0.1, 0.15) is 65.1 Å². The summed E-state index contributed by atoms with van der Waals surface area (Å²) in [5, 5.41) is 0. The summed E-state index contributed by atoms with van der Waals surface area (Å²) in [6.45, 7) is 6.94. The second-order valence-corrected chi connectivity index (χ2v) is 9.58. The van der Waals surface area contributed by atoms with Gasteiger partial charge in [0.1, 0.15) is 0 Å². The third-order valence-electron chi connectivity index (χ3n) is 7.25. The van der Waals surface area contributed by atoms with Crippen LogP contribution < -0.4 is 0 Å².